The summed E-state index contributed by atoms with van der Waals surface area (Å²) in [7, 11) is 0. The Morgan fingerprint density at radius 1 is 0.966 bits per heavy atom. The molecule has 152 valence electrons. The minimum atomic E-state index is -0.428. The van der Waals surface area contributed by atoms with E-state index in [-0.39, 0.29) is 12.5 Å². The molecule has 3 rings (SSSR count). The van der Waals surface area contributed by atoms with E-state index in [2.05, 4.69) is 5.32 Å². The molecule has 1 aromatic heterocycles. The van der Waals surface area contributed by atoms with E-state index in [9.17, 15) is 9.59 Å². The first-order valence-electron chi connectivity index (χ1n) is 9.37. The summed E-state index contributed by atoms with van der Waals surface area (Å²) in [5.41, 5.74) is 1.31. The molecular weight excluding hydrogens is 374 g/mol. The number of ether oxygens (including phenoxy) is 3. The van der Waals surface area contributed by atoms with Crippen LogP contribution in [-0.4, -0.2) is 25.7 Å². The summed E-state index contributed by atoms with van der Waals surface area (Å²) in [6.45, 7) is 6.35. The van der Waals surface area contributed by atoms with Crippen LogP contribution in [0.5, 0.6) is 17.2 Å². The number of benzene rings is 2. The third-order valence-electron chi connectivity index (χ3n) is 4.13. The van der Waals surface area contributed by atoms with Crippen LogP contribution in [0.2, 0.25) is 0 Å². The Balaban J connectivity index is 1.70. The molecule has 0 aliphatic rings. The summed E-state index contributed by atoms with van der Waals surface area (Å²) in [5, 5.41) is 3.59. The van der Waals surface area contributed by atoms with Crippen LogP contribution >= 0.6 is 0 Å². The molecule has 1 N–H and O–H groups in total. The number of carbonyl (C=O) groups excluding carboxylic acids is 1. The maximum Gasteiger partial charge on any atom is 0.336 e. The van der Waals surface area contributed by atoms with Crippen molar-refractivity contribution in [2.24, 2.45) is 0 Å². The van der Waals surface area contributed by atoms with Crippen molar-refractivity contribution < 1.29 is 23.4 Å². The standard InChI is InChI=1S/C22H23NO6/c1-4-26-15-7-9-19(27-5-2)18(11-15)23-21(24)13-28-16-6-8-17-14(3)10-22(25)29-20(17)12-16/h6-12H,4-5,13H2,1-3H3,(H,23,24). The van der Waals surface area contributed by atoms with Crippen molar-refractivity contribution >= 4 is 22.6 Å². The number of rotatable bonds is 8. The number of nitrogens with one attached hydrogen (secondary N) is 1. The van der Waals surface area contributed by atoms with E-state index in [1.165, 1.54) is 6.07 Å². The second-order valence-electron chi connectivity index (χ2n) is 6.27. The molecule has 1 amide bonds. The molecule has 0 saturated carbocycles. The molecule has 0 atom stereocenters. The highest BCUT2D eigenvalue weighted by Gasteiger charge is 2.11. The van der Waals surface area contributed by atoms with Crippen LogP contribution in [0, 0.1) is 6.92 Å². The minimum Gasteiger partial charge on any atom is -0.494 e. The molecule has 0 bridgehead atoms. The summed E-state index contributed by atoms with van der Waals surface area (Å²) >= 11 is 0. The summed E-state index contributed by atoms with van der Waals surface area (Å²) in [4.78, 5) is 23.9. The lowest BCUT2D eigenvalue weighted by Gasteiger charge is -2.14. The summed E-state index contributed by atoms with van der Waals surface area (Å²) in [6.07, 6.45) is 0. The fraction of sp³-hybridized carbons (Fsp3) is 0.273. The first-order valence-corrected chi connectivity index (χ1v) is 9.37. The Bertz CT molecular complexity index is 1070. The van der Waals surface area contributed by atoms with Crippen LogP contribution in [0.1, 0.15) is 19.4 Å². The molecule has 0 fully saturated rings. The molecule has 7 nitrogen and oxygen atoms in total. The predicted octanol–water partition coefficient (Wildman–Crippen LogP) is 3.92. The Hall–Kier alpha value is -3.48. The topological polar surface area (TPSA) is 87.0 Å². The minimum absolute atomic E-state index is 0.216. The van der Waals surface area contributed by atoms with Gasteiger partial charge in [0.25, 0.3) is 5.91 Å². The lowest BCUT2D eigenvalue weighted by Crippen LogP contribution is -2.20. The zero-order valence-corrected chi connectivity index (χ0v) is 16.6. The van der Waals surface area contributed by atoms with Crippen LogP contribution in [0.15, 0.2) is 51.7 Å². The lowest BCUT2D eigenvalue weighted by molar-refractivity contribution is -0.118. The molecule has 2 aromatic carbocycles. The first kappa shape index (κ1) is 20.3. The molecule has 0 unspecified atom stereocenters. The van der Waals surface area contributed by atoms with Crippen LogP contribution in [0.4, 0.5) is 5.69 Å². The maximum absolute atomic E-state index is 12.4. The van der Waals surface area contributed by atoms with Crippen molar-refractivity contribution in [3.05, 3.63) is 58.4 Å². The molecule has 0 aliphatic heterocycles. The number of fused-ring (bicyclic) bond motifs is 1. The van der Waals surface area contributed by atoms with Crippen molar-refractivity contribution in [2.45, 2.75) is 20.8 Å². The number of aryl methyl sites for hydroxylation is 1. The Morgan fingerprint density at radius 2 is 1.69 bits per heavy atom. The van der Waals surface area contributed by atoms with E-state index in [1.54, 1.807) is 36.4 Å². The number of amides is 1. The van der Waals surface area contributed by atoms with Gasteiger partial charge in [-0.2, -0.15) is 0 Å². The average Bonchev–Trinajstić information content (AvgIpc) is 2.68. The fourth-order valence-electron chi connectivity index (χ4n) is 2.87. The van der Waals surface area contributed by atoms with Crippen molar-refractivity contribution in [2.75, 3.05) is 25.1 Å². The van der Waals surface area contributed by atoms with Crippen LogP contribution in [0.25, 0.3) is 11.0 Å². The van der Waals surface area contributed by atoms with Crippen molar-refractivity contribution in [1.29, 1.82) is 0 Å². The van der Waals surface area contributed by atoms with Gasteiger partial charge in [0.15, 0.2) is 6.61 Å². The van der Waals surface area contributed by atoms with E-state index in [0.717, 1.165) is 10.9 Å². The molecular formula is C22H23NO6. The van der Waals surface area contributed by atoms with Crippen molar-refractivity contribution in [3.63, 3.8) is 0 Å². The van der Waals surface area contributed by atoms with Gasteiger partial charge in [0.1, 0.15) is 22.8 Å². The van der Waals surface area contributed by atoms with Crippen LogP contribution in [-0.2, 0) is 4.79 Å². The number of anilines is 1. The van der Waals surface area contributed by atoms with Gasteiger partial charge >= 0.3 is 5.63 Å². The molecule has 0 radical (unpaired) electrons. The largest absolute Gasteiger partial charge is 0.494 e. The van der Waals surface area contributed by atoms with Gasteiger partial charge in [0, 0.05) is 23.6 Å². The molecule has 0 saturated heterocycles. The summed E-state index contributed by atoms with van der Waals surface area (Å²) < 4.78 is 21.8. The van der Waals surface area contributed by atoms with Gasteiger partial charge in [-0.3, -0.25) is 4.79 Å². The summed E-state index contributed by atoms with van der Waals surface area (Å²) in [5.74, 6) is 1.25. The SMILES string of the molecule is CCOc1ccc(OCC)c(NC(=O)COc2ccc3c(C)cc(=O)oc3c2)c1. The quantitative estimate of drug-likeness (QED) is 0.580. The molecule has 3 aromatic rings. The van der Waals surface area contributed by atoms with Gasteiger partial charge in [-0.15, -0.1) is 0 Å². The van der Waals surface area contributed by atoms with E-state index in [4.69, 9.17) is 18.6 Å². The Kier molecular flexibility index (Phi) is 6.39. The third-order valence-corrected chi connectivity index (χ3v) is 4.13. The molecule has 1 heterocycles. The zero-order chi connectivity index (χ0) is 20.8. The van der Waals surface area contributed by atoms with Gasteiger partial charge in [0.05, 0.1) is 18.9 Å². The first-order chi connectivity index (χ1) is 14.0. The van der Waals surface area contributed by atoms with Gasteiger partial charge in [-0.1, -0.05) is 0 Å². The normalized spacial score (nSPS) is 10.6. The number of hydrogen-bond acceptors (Lipinski definition) is 6. The number of hydrogen-bond donors (Lipinski definition) is 1. The highest BCUT2D eigenvalue weighted by molar-refractivity contribution is 5.93. The van der Waals surface area contributed by atoms with Gasteiger partial charge in [-0.25, -0.2) is 4.79 Å². The zero-order valence-electron chi connectivity index (χ0n) is 16.6. The lowest BCUT2D eigenvalue weighted by atomic mass is 10.1. The van der Waals surface area contributed by atoms with E-state index >= 15 is 0 Å². The highest BCUT2D eigenvalue weighted by atomic mass is 16.5. The van der Waals surface area contributed by atoms with Gasteiger partial charge < -0.3 is 23.9 Å². The second-order valence-corrected chi connectivity index (χ2v) is 6.27. The number of carbonyl (C=O) groups is 1. The Labute approximate surface area is 168 Å². The molecule has 29 heavy (non-hydrogen) atoms. The van der Waals surface area contributed by atoms with Gasteiger partial charge in [0.2, 0.25) is 0 Å². The van der Waals surface area contributed by atoms with E-state index < -0.39 is 5.63 Å². The molecule has 0 spiro atoms. The van der Waals surface area contributed by atoms with Crippen LogP contribution < -0.4 is 25.2 Å². The van der Waals surface area contributed by atoms with Crippen molar-refractivity contribution in [3.8, 4) is 17.2 Å². The molecule has 7 heteroatoms. The predicted molar refractivity (Wildman–Crippen MR) is 110 cm³/mol. The van der Waals surface area contributed by atoms with Gasteiger partial charge in [-0.05, 0) is 50.6 Å². The fourth-order valence-corrected chi connectivity index (χ4v) is 2.87. The van der Waals surface area contributed by atoms with E-state index in [1.807, 2.05) is 20.8 Å². The molecule has 0 aliphatic carbocycles. The monoisotopic (exact) mass is 397 g/mol. The Morgan fingerprint density at radius 3 is 2.45 bits per heavy atom. The third kappa shape index (κ3) is 5.07. The second kappa shape index (κ2) is 9.14. The van der Waals surface area contributed by atoms with E-state index in [0.29, 0.717) is 41.7 Å². The summed E-state index contributed by atoms with van der Waals surface area (Å²) in [6, 6.07) is 11.8. The average molecular weight is 397 g/mol. The van der Waals surface area contributed by atoms with Crippen LogP contribution in [0.3, 0.4) is 0 Å². The van der Waals surface area contributed by atoms with Crippen molar-refractivity contribution in [1.82, 2.24) is 0 Å². The smallest absolute Gasteiger partial charge is 0.336 e. The highest BCUT2D eigenvalue weighted by Crippen LogP contribution is 2.29. The maximum atomic E-state index is 12.4.